The zero-order valence-electron chi connectivity index (χ0n) is 18.1. The van der Waals surface area contributed by atoms with Crippen LogP contribution in [0.5, 0.6) is 0 Å². The van der Waals surface area contributed by atoms with E-state index in [1.165, 1.54) is 103 Å². The van der Waals surface area contributed by atoms with Crippen molar-refractivity contribution < 1.29 is 19.5 Å². The third kappa shape index (κ3) is 19.6. The molecular weight excluding hydrogens is 408 g/mol. The first-order valence-corrected chi connectivity index (χ1v) is 11.9. The Morgan fingerprint density at radius 2 is 1.00 bits per heavy atom. The van der Waals surface area contributed by atoms with E-state index >= 15 is 0 Å². The number of unbranched alkanes of at least 4 members (excludes halogenated alkanes) is 15. The third-order valence-corrected chi connectivity index (χ3v) is 5.61. The van der Waals surface area contributed by atoms with E-state index in [1.54, 1.807) is 0 Å². The molecule has 0 aliphatic heterocycles. The predicted octanol–water partition coefficient (Wildman–Crippen LogP) is 8.17. The molecule has 0 spiro atoms. The molecule has 4 heteroatoms. The predicted molar refractivity (Wildman–Crippen MR) is 123 cm³/mol. The van der Waals surface area contributed by atoms with Crippen molar-refractivity contribution in [3.8, 4) is 0 Å². The molecule has 0 saturated heterocycles. The molecule has 0 aromatic heterocycles. The van der Waals surface area contributed by atoms with Crippen molar-refractivity contribution in [2.45, 2.75) is 130 Å². The molecule has 0 bridgehead atoms. The summed E-state index contributed by atoms with van der Waals surface area (Å²) in [4.78, 5) is 2.22. The monoisotopic (exact) mass is 451 g/mol. The first kappa shape index (κ1) is 29.1. The molecule has 0 radical (unpaired) electrons. The summed E-state index contributed by atoms with van der Waals surface area (Å²) in [7, 11) is 0. The SMILES string of the molecule is CCCCCCCCCCCCCCCCCCN(C(=S)S)C(C)C.[Zn]. The van der Waals surface area contributed by atoms with E-state index in [2.05, 4.69) is 38.3 Å². The summed E-state index contributed by atoms with van der Waals surface area (Å²) in [5.74, 6) is 0. The minimum absolute atomic E-state index is 0. The standard InChI is InChI=1S/C22H45NS2.Zn/c1-4-5-6-7-8-9-10-11-12-13-14-15-16-17-18-19-20-23(21(2)3)22(24)25;/h21H,4-20H2,1-3H3,(H,24,25);. The zero-order chi connectivity index (χ0) is 18.8. The topological polar surface area (TPSA) is 3.24 Å². The summed E-state index contributed by atoms with van der Waals surface area (Å²) < 4.78 is 0.746. The van der Waals surface area contributed by atoms with Gasteiger partial charge in [-0.1, -0.05) is 115 Å². The van der Waals surface area contributed by atoms with Crippen molar-refractivity contribution in [1.82, 2.24) is 4.90 Å². The smallest absolute Gasteiger partial charge is 0.133 e. The summed E-state index contributed by atoms with van der Waals surface area (Å²) in [5.41, 5.74) is 0. The average molecular weight is 453 g/mol. The Kier molecular flexibility index (Phi) is 24.8. The molecule has 0 rings (SSSR count). The van der Waals surface area contributed by atoms with Crippen LogP contribution in [0.2, 0.25) is 0 Å². The maximum absolute atomic E-state index is 5.19. The fourth-order valence-corrected chi connectivity index (χ4v) is 4.04. The molecule has 0 aliphatic carbocycles. The van der Waals surface area contributed by atoms with Crippen molar-refractivity contribution in [3.63, 3.8) is 0 Å². The second-order valence-electron chi connectivity index (χ2n) is 7.87. The maximum atomic E-state index is 5.19. The molecule has 152 valence electrons. The van der Waals surface area contributed by atoms with E-state index in [4.69, 9.17) is 12.2 Å². The van der Waals surface area contributed by atoms with Gasteiger partial charge in [-0.25, -0.2) is 0 Å². The van der Waals surface area contributed by atoms with Gasteiger partial charge in [0.05, 0.1) is 0 Å². The zero-order valence-corrected chi connectivity index (χ0v) is 22.8. The van der Waals surface area contributed by atoms with Crippen LogP contribution in [0.25, 0.3) is 0 Å². The molecule has 0 aromatic carbocycles. The van der Waals surface area contributed by atoms with Crippen LogP contribution < -0.4 is 0 Å². The molecule has 0 atom stereocenters. The number of thiocarbonyl (C=S) groups is 1. The molecule has 0 N–H and O–H groups in total. The van der Waals surface area contributed by atoms with Crippen LogP contribution in [0.1, 0.15) is 124 Å². The van der Waals surface area contributed by atoms with Crippen LogP contribution >= 0.6 is 24.8 Å². The van der Waals surface area contributed by atoms with E-state index in [0.29, 0.717) is 6.04 Å². The summed E-state index contributed by atoms with van der Waals surface area (Å²) >= 11 is 9.51. The van der Waals surface area contributed by atoms with Gasteiger partial charge in [0.25, 0.3) is 0 Å². The summed E-state index contributed by atoms with van der Waals surface area (Å²) in [6.45, 7) is 7.74. The maximum Gasteiger partial charge on any atom is 0.133 e. The summed E-state index contributed by atoms with van der Waals surface area (Å²) in [6.07, 6.45) is 22.7. The Balaban J connectivity index is 0. The quantitative estimate of drug-likeness (QED) is 0.0966. The first-order chi connectivity index (χ1) is 12.1. The molecule has 0 heterocycles. The molecule has 0 amide bonds. The van der Waals surface area contributed by atoms with Gasteiger partial charge in [-0.3, -0.25) is 0 Å². The summed E-state index contributed by atoms with van der Waals surface area (Å²) in [5, 5.41) is 0. The van der Waals surface area contributed by atoms with E-state index < -0.39 is 0 Å². The van der Waals surface area contributed by atoms with Crippen molar-refractivity contribution in [2.24, 2.45) is 0 Å². The molecule has 1 nitrogen and oxygen atoms in total. The Bertz CT molecular complexity index is 298. The largest absolute Gasteiger partial charge is 0.355 e. The Labute approximate surface area is 189 Å². The van der Waals surface area contributed by atoms with Crippen LogP contribution in [0.4, 0.5) is 0 Å². The van der Waals surface area contributed by atoms with Gasteiger partial charge in [-0.15, -0.1) is 12.6 Å². The first-order valence-electron chi connectivity index (χ1n) is 11.1. The van der Waals surface area contributed by atoms with Crippen LogP contribution in [-0.2, 0) is 19.5 Å². The van der Waals surface area contributed by atoms with Gasteiger partial charge in [0, 0.05) is 32.1 Å². The number of thiol groups is 1. The third-order valence-electron chi connectivity index (χ3n) is 5.12. The van der Waals surface area contributed by atoms with Gasteiger partial charge in [0.15, 0.2) is 0 Å². The second kappa shape index (κ2) is 22.2. The number of rotatable bonds is 18. The van der Waals surface area contributed by atoms with Gasteiger partial charge >= 0.3 is 0 Å². The van der Waals surface area contributed by atoms with E-state index in [0.717, 1.165) is 10.9 Å². The Morgan fingerprint density at radius 3 is 1.27 bits per heavy atom. The molecular formula is C22H45NS2Zn. The van der Waals surface area contributed by atoms with Crippen molar-refractivity contribution >= 4 is 29.2 Å². The van der Waals surface area contributed by atoms with Gasteiger partial charge in [-0.05, 0) is 20.3 Å². The molecule has 0 aliphatic rings. The fourth-order valence-electron chi connectivity index (χ4n) is 3.40. The minimum atomic E-state index is 0. The summed E-state index contributed by atoms with van der Waals surface area (Å²) in [6, 6.07) is 0.473. The molecule has 0 unspecified atom stereocenters. The van der Waals surface area contributed by atoms with Crippen molar-refractivity contribution in [3.05, 3.63) is 0 Å². The second-order valence-corrected chi connectivity index (χ2v) is 8.99. The Hall–Kier alpha value is 0.863. The number of nitrogens with zero attached hydrogens (tertiary/aromatic N) is 1. The van der Waals surface area contributed by atoms with Crippen LogP contribution in [0.3, 0.4) is 0 Å². The van der Waals surface area contributed by atoms with Gasteiger partial charge in [-0.2, -0.15) is 0 Å². The average Bonchev–Trinajstić information content (AvgIpc) is 2.57. The van der Waals surface area contributed by atoms with Gasteiger partial charge in [0.2, 0.25) is 0 Å². The van der Waals surface area contributed by atoms with Gasteiger partial charge in [0.1, 0.15) is 4.32 Å². The molecule has 26 heavy (non-hydrogen) atoms. The van der Waals surface area contributed by atoms with Crippen LogP contribution in [0, 0.1) is 0 Å². The van der Waals surface area contributed by atoms with Crippen LogP contribution in [-0.4, -0.2) is 21.8 Å². The minimum Gasteiger partial charge on any atom is -0.355 e. The van der Waals surface area contributed by atoms with Gasteiger partial charge < -0.3 is 4.90 Å². The number of hydrogen-bond acceptors (Lipinski definition) is 1. The number of hydrogen-bond donors (Lipinski definition) is 1. The molecule has 0 saturated carbocycles. The van der Waals surface area contributed by atoms with E-state index in [-0.39, 0.29) is 19.5 Å². The van der Waals surface area contributed by atoms with E-state index in [1.807, 2.05) is 0 Å². The van der Waals surface area contributed by atoms with Crippen molar-refractivity contribution in [2.75, 3.05) is 6.54 Å². The molecule has 0 fully saturated rings. The fraction of sp³-hybridized carbons (Fsp3) is 0.955. The van der Waals surface area contributed by atoms with Crippen molar-refractivity contribution in [1.29, 1.82) is 0 Å². The van der Waals surface area contributed by atoms with Crippen LogP contribution in [0.15, 0.2) is 0 Å². The van der Waals surface area contributed by atoms with E-state index in [9.17, 15) is 0 Å². The Morgan fingerprint density at radius 1 is 0.692 bits per heavy atom. The normalized spacial score (nSPS) is 10.8. The molecule has 0 aromatic rings.